The molecule has 2 unspecified atom stereocenters. The Kier molecular flexibility index (Phi) is 6.07. The molecule has 110 valence electrons. The van der Waals surface area contributed by atoms with Crippen LogP contribution >= 0.6 is 0 Å². The monoisotopic (exact) mass is 270 g/mol. The number of carbonyl (C=O) groups excluding carboxylic acids is 1. The van der Waals surface area contributed by atoms with E-state index in [0.29, 0.717) is 32.5 Å². The summed E-state index contributed by atoms with van der Waals surface area (Å²) in [6.07, 6.45) is 6.65. The van der Waals surface area contributed by atoms with Crippen molar-refractivity contribution >= 4 is 5.91 Å². The zero-order valence-electron chi connectivity index (χ0n) is 11.8. The van der Waals surface area contributed by atoms with Crippen LogP contribution in [0.5, 0.6) is 0 Å². The molecule has 1 aliphatic carbocycles. The van der Waals surface area contributed by atoms with E-state index >= 15 is 0 Å². The minimum absolute atomic E-state index is 0.0697. The average Bonchev–Trinajstić information content (AvgIpc) is 2.93. The number of carbonyl (C=O) groups is 1. The molecule has 0 bridgehead atoms. The Labute approximate surface area is 115 Å². The minimum atomic E-state index is -0.0697. The van der Waals surface area contributed by atoms with Gasteiger partial charge in [0.05, 0.1) is 31.8 Å². The zero-order chi connectivity index (χ0) is 13.5. The van der Waals surface area contributed by atoms with Gasteiger partial charge in [0.25, 0.3) is 0 Å². The Morgan fingerprint density at radius 1 is 1.26 bits per heavy atom. The first-order valence-corrected chi connectivity index (χ1v) is 7.45. The first-order chi connectivity index (χ1) is 9.31. The highest BCUT2D eigenvalue weighted by molar-refractivity contribution is 5.79. The van der Waals surface area contributed by atoms with Gasteiger partial charge in [-0.05, 0) is 19.9 Å². The summed E-state index contributed by atoms with van der Waals surface area (Å²) in [6.45, 7) is 2.35. The van der Waals surface area contributed by atoms with Crippen LogP contribution in [0.15, 0.2) is 0 Å². The van der Waals surface area contributed by atoms with Crippen LogP contribution < -0.4 is 10.6 Å². The fourth-order valence-electron chi connectivity index (χ4n) is 2.86. The number of rotatable bonds is 6. The van der Waals surface area contributed by atoms with E-state index in [1.807, 2.05) is 7.05 Å². The van der Waals surface area contributed by atoms with E-state index in [1.54, 1.807) is 0 Å². The molecule has 5 nitrogen and oxygen atoms in total. The van der Waals surface area contributed by atoms with Gasteiger partial charge in [0.15, 0.2) is 0 Å². The Bertz CT molecular complexity index is 280. The molecule has 0 spiro atoms. The second kappa shape index (κ2) is 7.82. The second-order valence-electron chi connectivity index (χ2n) is 5.46. The van der Waals surface area contributed by atoms with E-state index in [9.17, 15) is 4.79 Å². The summed E-state index contributed by atoms with van der Waals surface area (Å²) in [5, 5.41) is 6.06. The zero-order valence-corrected chi connectivity index (χ0v) is 11.8. The van der Waals surface area contributed by atoms with Crippen LogP contribution in [0.3, 0.4) is 0 Å². The molecule has 5 heteroatoms. The molecule has 0 aromatic carbocycles. The molecular weight excluding hydrogens is 244 g/mol. The molecule has 2 fully saturated rings. The van der Waals surface area contributed by atoms with E-state index in [0.717, 1.165) is 0 Å². The molecule has 2 aliphatic rings. The average molecular weight is 270 g/mol. The standard InChI is InChI=1S/C14H26N2O3/c1-15-13-10-18-9-12(13)14(17)16-7-8-19-11-5-3-2-4-6-11/h11-13,15H,2-10H2,1H3,(H,16,17). The maximum absolute atomic E-state index is 12.0. The lowest BCUT2D eigenvalue weighted by molar-refractivity contribution is -0.125. The number of ether oxygens (including phenoxy) is 2. The third-order valence-electron chi connectivity index (χ3n) is 4.10. The van der Waals surface area contributed by atoms with Gasteiger partial charge >= 0.3 is 0 Å². The van der Waals surface area contributed by atoms with Gasteiger partial charge in [0, 0.05) is 12.6 Å². The Morgan fingerprint density at radius 3 is 2.79 bits per heavy atom. The summed E-state index contributed by atoms with van der Waals surface area (Å²) >= 11 is 0. The summed E-state index contributed by atoms with van der Waals surface area (Å²) in [5.74, 6) is 0.00350. The van der Waals surface area contributed by atoms with Crippen molar-refractivity contribution in [3.63, 3.8) is 0 Å². The number of hydrogen-bond donors (Lipinski definition) is 2. The van der Waals surface area contributed by atoms with Crippen LogP contribution in [0, 0.1) is 5.92 Å². The van der Waals surface area contributed by atoms with Crippen molar-refractivity contribution < 1.29 is 14.3 Å². The first kappa shape index (κ1) is 14.8. The van der Waals surface area contributed by atoms with E-state index in [1.165, 1.54) is 32.1 Å². The number of nitrogens with one attached hydrogen (secondary N) is 2. The van der Waals surface area contributed by atoms with Crippen LogP contribution in [0.2, 0.25) is 0 Å². The Balaban J connectivity index is 1.58. The van der Waals surface area contributed by atoms with Crippen molar-refractivity contribution in [1.29, 1.82) is 0 Å². The van der Waals surface area contributed by atoms with Gasteiger partial charge in [-0.15, -0.1) is 0 Å². The molecule has 1 saturated heterocycles. The van der Waals surface area contributed by atoms with Gasteiger partial charge in [0.2, 0.25) is 5.91 Å². The van der Waals surface area contributed by atoms with Crippen molar-refractivity contribution in [3.8, 4) is 0 Å². The third kappa shape index (κ3) is 4.44. The predicted octanol–water partition coefficient (Wildman–Crippen LogP) is 0.686. The van der Waals surface area contributed by atoms with Gasteiger partial charge in [0.1, 0.15) is 0 Å². The summed E-state index contributed by atoms with van der Waals surface area (Å²) in [4.78, 5) is 12.0. The summed E-state index contributed by atoms with van der Waals surface area (Å²) < 4.78 is 11.1. The maximum atomic E-state index is 12.0. The number of likely N-dealkylation sites (N-methyl/N-ethyl adjacent to an activating group) is 1. The molecule has 0 radical (unpaired) electrons. The lowest BCUT2D eigenvalue weighted by atomic mass is 9.98. The highest BCUT2D eigenvalue weighted by Gasteiger charge is 2.32. The van der Waals surface area contributed by atoms with E-state index in [-0.39, 0.29) is 17.9 Å². The molecular formula is C14H26N2O3. The normalized spacial score (nSPS) is 28.5. The largest absolute Gasteiger partial charge is 0.379 e. The molecule has 1 aliphatic heterocycles. The third-order valence-corrected chi connectivity index (χ3v) is 4.10. The fourth-order valence-corrected chi connectivity index (χ4v) is 2.86. The fraction of sp³-hybridized carbons (Fsp3) is 0.929. The van der Waals surface area contributed by atoms with Crippen molar-refractivity contribution in [2.75, 3.05) is 33.4 Å². The van der Waals surface area contributed by atoms with Gasteiger partial charge in [-0.2, -0.15) is 0 Å². The molecule has 2 N–H and O–H groups in total. The van der Waals surface area contributed by atoms with Crippen molar-refractivity contribution in [1.82, 2.24) is 10.6 Å². The minimum Gasteiger partial charge on any atom is -0.379 e. The van der Waals surface area contributed by atoms with Crippen LogP contribution in [0.4, 0.5) is 0 Å². The van der Waals surface area contributed by atoms with Crippen molar-refractivity contribution in [2.45, 2.75) is 44.2 Å². The smallest absolute Gasteiger partial charge is 0.227 e. The number of amides is 1. The van der Waals surface area contributed by atoms with Crippen LogP contribution in [-0.2, 0) is 14.3 Å². The van der Waals surface area contributed by atoms with Crippen LogP contribution in [-0.4, -0.2) is 51.5 Å². The predicted molar refractivity (Wildman–Crippen MR) is 73.0 cm³/mol. The molecule has 0 aromatic heterocycles. The first-order valence-electron chi connectivity index (χ1n) is 7.45. The molecule has 2 rings (SSSR count). The SMILES string of the molecule is CNC1COCC1C(=O)NCCOC1CCCCC1. The van der Waals surface area contributed by atoms with Crippen LogP contribution in [0.25, 0.3) is 0 Å². The molecule has 0 aromatic rings. The molecule has 1 heterocycles. The topological polar surface area (TPSA) is 59.6 Å². The van der Waals surface area contributed by atoms with Crippen molar-refractivity contribution in [2.24, 2.45) is 5.92 Å². The molecule has 19 heavy (non-hydrogen) atoms. The lowest BCUT2D eigenvalue weighted by Crippen LogP contribution is -2.43. The summed E-state index contributed by atoms with van der Waals surface area (Å²) in [7, 11) is 1.87. The van der Waals surface area contributed by atoms with Crippen molar-refractivity contribution in [3.05, 3.63) is 0 Å². The van der Waals surface area contributed by atoms with E-state index in [4.69, 9.17) is 9.47 Å². The summed E-state index contributed by atoms with van der Waals surface area (Å²) in [6, 6.07) is 0.138. The van der Waals surface area contributed by atoms with Gasteiger partial charge in [-0.25, -0.2) is 0 Å². The lowest BCUT2D eigenvalue weighted by Gasteiger charge is -2.22. The Hall–Kier alpha value is -0.650. The number of hydrogen-bond acceptors (Lipinski definition) is 4. The van der Waals surface area contributed by atoms with Gasteiger partial charge in [-0.3, -0.25) is 4.79 Å². The molecule has 2 atom stereocenters. The molecule has 1 amide bonds. The quantitative estimate of drug-likeness (QED) is 0.697. The molecule has 1 saturated carbocycles. The highest BCUT2D eigenvalue weighted by atomic mass is 16.5. The highest BCUT2D eigenvalue weighted by Crippen LogP contribution is 2.20. The summed E-state index contributed by atoms with van der Waals surface area (Å²) in [5.41, 5.74) is 0. The van der Waals surface area contributed by atoms with Gasteiger partial charge in [-0.1, -0.05) is 19.3 Å². The Morgan fingerprint density at radius 2 is 2.05 bits per heavy atom. The maximum Gasteiger partial charge on any atom is 0.227 e. The van der Waals surface area contributed by atoms with E-state index < -0.39 is 0 Å². The van der Waals surface area contributed by atoms with Crippen LogP contribution in [0.1, 0.15) is 32.1 Å². The van der Waals surface area contributed by atoms with Gasteiger partial charge < -0.3 is 20.1 Å². The second-order valence-corrected chi connectivity index (χ2v) is 5.46. The van der Waals surface area contributed by atoms with E-state index in [2.05, 4.69) is 10.6 Å².